The summed E-state index contributed by atoms with van der Waals surface area (Å²) in [4.78, 5) is 25.9. The number of methoxy groups -OCH3 is 1. The van der Waals surface area contributed by atoms with Gasteiger partial charge in [0.05, 0.1) is 25.3 Å². The van der Waals surface area contributed by atoms with Gasteiger partial charge in [0.25, 0.3) is 11.8 Å². The maximum atomic E-state index is 13.7. The number of hydrogen-bond acceptors (Lipinski definition) is 4. The third-order valence-electron chi connectivity index (χ3n) is 4.10. The molecule has 1 aliphatic rings. The molecule has 2 aromatic carbocycles. The summed E-state index contributed by atoms with van der Waals surface area (Å²) in [6.45, 7) is 0.363. The average Bonchev–Trinajstić information content (AvgIpc) is 2.67. The molecule has 0 saturated carbocycles. The van der Waals surface area contributed by atoms with Crippen LogP contribution in [0.4, 0.5) is 10.1 Å². The number of benzene rings is 2. The van der Waals surface area contributed by atoms with Crippen LogP contribution in [0.25, 0.3) is 0 Å². The zero-order chi connectivity index (χ0) is 18.5. The molecule has 1 atom stereocenters. The topological polar surface area (TPSA) is 67.9 Å². The number of halogens is 1. The van der Waals surface area contributed by atoms with Crippen molar-refractivity contribution in [1.82, 2.24) is 5.32 Å². The molecule has 1 N–H and O–H groups in total. The van der Waals surface area contributed by atoms with E-state index in [0.29, 0.717) is 11.4 Å². The molecule has 7 heteroatoms. The van der Waals surface area contributed by atoms with Crippen LogP contribution in [-0.4, -0.2) is 44.7 Å². The average molecular weight is 358 g/mol. The fourth-order valence-electron chi connectivity index (χ4n) is 2.72. The third kappa shape index (κ3) is 4.00. The van der Waals surface area contributed by atoms with Crippen molar-refractivity contribution in [3.05, 3.63) is 59.9 Å². The second kappa shape index (κ2) is 7.97. The van der Waals surface area contributed by atoms with Crippen LogP contribution in [-0.2, 0) is 9.53 Å². The van der Waals surface area contributed by atoms with Crippen molar-refractivity contribution >= 4 is 17.5 Å². The molecule has 2 amide bonds. The van der Waals surface area contributed by atoms with E-state index in [-0.39, 0.29) is 31.2 Å². The summed E-state index contributed by atoms with van der Waals surface area (Å²) < 4.78 is 24.3. The quantitative estimate of drug-likeness (QED) is 0.888. The van der Waals surface area contributed by atoms with Crippen molar-refractivity contribution < 1.29 is 23.5 Å². The molecule has 0 aromatic heterocycles. The number of nitrogens with zero attached hydrogens (tertiary/aromatic N) is 1. The van der Waals surface area contributed by atoms with E-state index in [1.165, 1.54) is 18.2 Å². The minimum absolute atomic E-state index is 0.0240. The predicted molar refractivity (Wildman–Crippen MR) is 93.8 cm³/mol. The van der Waals surface area contributed by atoms with Gasteiger partial charge in [-0.25, -0.2) is 4.39 Å². The summed E-state index contributed by atoms with van der Waals surface area (Å²) in [7, 11) is 1.56. The Morgan fingerprint density at radius 3 is 2.88 bits per heavy atom. The Bertz CT molecular complexity index is 812. The second-order valence-corrected chi connectivity index (χ2v) is 5.83. The van der Waals surface area contributed by atoms with E-state index in [1.54, 1.807) is 42.3 Å². The van der Waals surface area contributed by atoms with E-state index < -0.39 is 17.8 Å². The van der Waals surface area contributed by atoms with Gasteiger partial charge in [-0.15, -0.1) is 0 Å². The first-order chi connectivity index (χ1) is 12.6. The number of rotatable bonds is 5. The Morgan fingerprint density at radius 1 is 1.31 bits per heavy atom. The number of ether oxygens (including phenoxy) is 2. The fraction of sp³-hybridized carbons (Fsp3) is 0.263. The smallest absolute Gasteiger partial charge is 0.254 e. The van der Waals surface area contributed by atoms with Crippen LogP contribution in [0.15, 0.2) is 48.5 Å². The van der Waals surface area contributed by atoms with Crippen LogP contribution in [0.5, 0.6) is 5.75 Å². The van der Waals surface area contributed by atoms with E-state index in [0.717, 1.165) is 0 Å². The zero-order valence-electron chi connectivity index (χ0n) is 14.3. The van der Waals surface area contributed by atoms with Gasteiger partial charge in [0, 0.05) is 18.3 Å². The molecule has 1 saturated heterocycles. The summed E-state index contributed by atoms with van der Waals surface area (Å²) >= 11 is 0. The lowest BCUT2D eigenvalue weighted by Gasteiger charge is -2.33. The number of carbonyl (C=O) groups is 2. The first kappa shape index (κ1) is 17.9. The molecule has 1 aliphatic heterocycles. The fourth-order valence-corrected chi connectivity index (χ4v) is 2.72. The first-order valence-electron chi connectivity index (χ1n) is 8.17. The van der Waals surface area contributed by atoms with E-state index in [1.807, 2.05) is 0 Å². The molecule has 1 fully saturated rings. The maximum Gasteiger partial charge on any atom is 0.254 e. The highest BCUT2D eigenvalue weighted by molar-refractivity contribution is 5.95. The predicted octanol–water partition coefficient (Wildman–Crippen LogP) is 2.00. The number of amides is 2. The van der Waals surface area contributed by atoms with Gasteiger partial charge in [0.15, 0.2) is 0 Å². The van der Waals surface area contributed by atoms with Crippen molar-refractivity contribution in [3.8, 4) is 5.75 Å². The Labute approximate surface area is 150 Å². The van der Waals surface area contributed by atoms with Gasteiger partial charge in [0.2, 0.25) is 0 Å². The summed E-state index contributed by atoms with van der Waals surface area (Å²) in [6, 6.07) is 12.9. The summed E-state index contributed by atoms with van der Waals surface area (Å²) in [6.07, 6.45) is -0.394. The molecule has 26 heavy (non-hydrogen) atoms. The molecule has 1 heterocycles. The van der Waals surface area contributed by atoms with Crippen molar-refractivity contribution in [2.24, 2.45) is 0 Å². The molecule has 0 radical (unpaired) electrons. The highest BCUT2D eigenvalue weighted by Gasteiger charge is 2.28. The SMILES string of the molecule is COc1cccc(N2CC(CNC(=O)c3ccccc3F)OCC2=O)c1. The molecular formula is C19H19FN2O4. The van der Waals surface area contributed by atoms with Crippen molar-refractivity contribution in [1.29, 1.82) is 0 Å². The third-order valence-corrected chi connectivity index (χ3v) is 4.10. The lowest BCUT2D eigenvalue weighted by Crippen LogP contribution is -2.50. The van der Waals surface area contributed by atoms with Gasteiger partial charge in [-0.2, -0.15) is 0 Å². The maximum absolute atomic E-state index is 13.7. The molecule has 3 rings (SSSR count). The number of morpholine rings is 1. The number of hydrogen-bond donors (Lipinski definition) is 1. The minimum Gasteiger partial charge on any atom is -0.497 e. The molecule has 2 aromatic rings. The molecule has 0 aliphatic carbocycles. The Hall–Kier alpha value is -2.93. The van der Waals surface area contributed by atoms with Crippen molar-refractivity contribution in [3.63, 3.8) is 0 Å². The molecule has 136 valence electrons. The number of nitrogens with one attached hydrogen (secondary N) is 1. The zero-order valence-corrected chi connectivity index (χ0v) is 14.3. The highest BCUT2D eigenvalue weighted by atomic mass is 19.1. The van der Waals surface area contributed by atoms with E-state index in [2.05, 4.69) is 5.32 Å². The second-order valence-electron chi connectivity index (χ2n) is 5.83. The van der Waals surface area contributed by atoms with Gasteiger partial charge < -0.3 is 19.7 Å². The first-order valence-corrected chi connectivity index (χ1v) is 8.17. The molecule has 0 bridgehead atoms. The van der Waals surface area contributed by atoms with Crippen LogP contribution in [0, 0.1) is 5.82 Å². The van der Waals surface area contributed by atoms with Gasteiger partial charge in [-0.1, -0.05) is 18.2 Å². The van der Waals surface area contributed by atoms with Crippen molar-refractivity contribution in [2.75, 3.05) is 31.7 Å². The Kier molecular flexibility index (Phi) is 5.48. The lowest BCUT2D eigenvalue weighted by atomic mass is 10.2. The molecule has 6 nitrogen and oxygen atoms in total. The van der Waals surface area contributed by atoms with Gasteiger partial charge in [0.1, 0.15) is 18.2 Å². The van der Waals surface area contributed by atoms with Crippen LogP contribution < -0.4 is 15.0 Å². The normalized spacial score (nSPS) is 17.1. The molecular weight excluding hydrogens is 339 g/mol. The van der Waals surface area contributed by atoms with Gasteiger partial charge in [-0.05, 0) is 24.3 Å². The Balaban J connectivity index is 1.64. The van der Waals surface area contributed by atoms with E-state index in [9.17, 15) is 14.0 Å². The monoisotopic (exact) mass is 358 g/mol. The lowest BCUT2D eigenvalue weighted by molar-refractivity contribution is -0.129. The van der Waals surface area contributed by atoms with Crippen LogP contribution in [0.3, 0.4) is 0 Å². The van der Waals surface area contributed by atoms with Gasteiger partial charge in [-0.3, -0.25) is 9.59 Å². The number of anilines is 1. The standard InChI is InChI=1S/C19H19FN2O4/c1-25-14-6-4-5-13(9-14)22-11-15(26-12-18(22)23)10-21-19(24)16-7-2-3-8-17(16)20/h2-9,15H,10-12H2,1H3,(H,21,24). The van der Waals surface area contributed by atoms with E-state index >= 15 is 0 Å². The number of carbonyl (C=O) groups excluding carboxylic acids is 2. The molecule has 0 spiro atoms. The van der Waals surface area contributed by atoms with Crippen LogP contribution in [0.2, 0.25) is 0 Å². The van der Waals surface area contributed by atoms with Crippen molar-refractivity contribution in [2.45, 2.75) is 6.10 Å². The van der Waals surface area contributed by atoms with Gasteiger partial charge >= 0.3 is 0 Å². The summed E-state index contributed by atoms with van der Waals surface area (Å²) in [5.41, 5.74) is 0.673. The molecule has 1 unspecified atom stereocenters. The summed E-state index contributed by atoms with van der Waals surface area (Å²) in [5.74, 6) is -0.625. The minimum atomic E-state index is -0.581. The van der Waals surface area contributed by atoms with Crippen LogP contribution in [0.1, 0.15) is 10.4 Å². The van der Waals surface area contributed by atoms with E-state index in [4.69, 9.17) is 9.47 Å². The highest BCUT2D eigenvalue weighted by Crippen LogP contribution is 2.23. The van der Waals surface area contributed by atoms with Crippen LogP contribution >= 0.6 is 0 Å². The Morgan fingerprint density at radius 2 is 2.12 bits per heavy atom. The largest absolute Gasteiger partial charge is 0.497 e. The summed E-state index contributed by atoms with van der Waals surface area (Å²) in [5, 5.41) is 2.65.